The first-order chi connectivity index (χ1) is 12.1. The molecule has 1 fully saturated rings. The molecule has 1 aromatic carbocycles. The standard InChI is InChI=1S/C19H29ClN4O.HI/c1-3-18(25)24-13-11-17(14-24)23-19(21-4-2)22-12-5-6-15-7-9-16(20)10-8-15;/h7-10,17H,3-6,11-14H2,1-2H3,(H2,21,22,23);1H. The van der Waals surface area contributed by atoms with E-state index in [9.17, 15) is 4.79 Å². The number of hydrogen-bond donors (Lipinski definition) is 2. The molecular weight excluding hydrogens is 463 g/mol. The lowest BCUT2D eigenvalue weighted by Gasteiger charge is -2.18. The lowest BCUT2D eigenvalue weighted by atomic mass is 10.1. The van der Waals surface area contributed by atoms with Gasteiger partial charge in [0.2, 0.25) is 5.91 Å². The normalized spacial score (nSPS) is 17.0. The van der Waals surface area contributed by atoms with Gasteiger partial charge in [0.05, 0.1) is 0 Å². The van der Waals surface area contributed by atoms with Gasteiger partial charge in [-0.15, -0.1) is 24.0 Å². The molecule has 0 radical (unpaired) electrons. The number of hydrogen-bond acceptors (Lipinski definition) is 2. The Morgan fingerprint density at radius 3 is 2.69 bits per heavy atom. The number of aliphatic imine (C=N–C) groups is 1. The van der Waals surface area contributed by atoms with Gasteiger partial charge in [-0.2, -0.15) is 0 Å². The highest BCUT2D eigenvalue weighted by Gasteiger charge is 2.25. The van der Waals surface area contributed by atoms with E-state index < -0.39 is 0 Å². The first-order valence-corrected chi connectivity index (χ1v) is 9.57. The second-order valence-corrected chi connectivity index (χ2v) is 6.75. The third kappa shape index (κ3) is 7.70. The van der Waals surface area contributed by atoms with Crippen molar-refractivity contribution < 1.29 is 4.79 Å². The third-order valence-electron chi connectivity index (χ3n) is 4.34. The van der Waals surface area contributed by atoms with Crippen molar-refractivity contribution in [3.8, 4) is 0 Å². The van der Waals surface area contributed by atoms with E-state index in [2.05, 4.69) is 34.7 Å². The Bertz CT molecular complexity index is 579. The fourth-order valence-electron chi connectivity index (χ4n) is 2.97. The molecule has 1 aliphatic rings. The van der Waals surface area contributed by atoms with Crippen molar-refractivity contribution in [1.29, 1.82) is 0 Å². The van der Waals surface area contributed by atoms with Crippen molar-refractivity contribution in [3.05, 3.63) is 34.9 Å². The second kappa shape index (κ2) is 12.4. The number of nitrogens with zero attached hydrogens (tertiary/aromatic N) is 2. The number of halogens is 2. The summed E-state index contributed by atoms with van der Waals surface area (Å²) in [4.78, 5) is 18.4. The Hall–Kier alpha value is -1.02. The minimum absolute atomic E-state index is 0. The smallest absolute Gasteiger partial charge is 0.222 e. The van der Waals surface area contributed by atoms with Crippen LogP contribution in [0.2, 0.25) is 5.02 Å². The van der Waals surface area contributed by atoms with Crippen LogP contribution in [0.3, 0.4) is 0 Å². The van der Waals surface area contributed by atoms with E-state index in [1.807, 2.05) is 24.0 Å². The summed E-state index contributed by atoms with van der Waals surface area (Å²) in [5, 5.41) is 7.52. The van der Waals surface area contributed by atoms with Crippen LogP contribution in [0.1, 0.15) is 38.7 Å². The van der Waals surface area contributed by atoms with E-state index in [0.717, 1.165) is 56.4 Å². The Morgan fingerprint density at radius 2 is 2.04 bits per heavy atom. The SMILES string of the molecule is CCNC(=NCCCc1ccc(Cl)cc1)NC1CCN(C(=O)CC)C1.I. The summed E-state index contributed by atoms with van der Waals surface area (Å²) >= 11 is 5.91. The summed E-state index contributed by atoms with van der Waals surface area (Å²) in [5.41, 5.74) is 1.28. The Morgan fingerprint density at radius 1 is 1.31 bits per heavy atom. The molecule has 1 aromatic rings. The second-order valence-electron chi connectivity index (χ2n) is 6.31. The topological polar surface area (TPSA) is 56.7 Å². The van der Waals surface area contributed by atoms with Crippen LogP contribution in [-0.4, -0.2) is 49.0 Å². The van der Waals surface area contributed by atoms with Gasteiger partial charge in [-0.3, -0.25) is 9.79 Å². The molecule has 1 heterocycles. The summed E-state index contributed by atoms with van der Waals surface area (Å²) < 4.78 is 0. The maximum Gasteiger partial charge on any atom is 0.222 e. The maximum atomic E-state index is 11.8. The Labute approximate surface area is 179 Å². The molecule has 1 atom stereocenters. The molecular formula is C19H30ClIN4O. The van der Waals surface area contributed by atoms with Crippen LogP contribution in [-0.2, 0) is 11.2 Å². The van der Waals surface area contributed by atoms with Crippen molar-refractivity contribution >= 4 is 47.4 Å². The van der Waals surface area contributed by atoms with E-state index in [4.69, 9.17) is 11.6 Å². The summed E-state index contributed by atoms with van der Waals surface area (Å²) in [7, 11) is 0. The number of aryl methyl sites for hydroxylation is 1. The first-order valence-electron chi connectivity index (χ1n) is 9.19. The van der Waals surface area contributed by atoms with Crippen molar-refractivity contribution in [2.24, 2.45) is 4.99 Å². The van der Waals surface area contributed by atoms with Gasteiger partial charge in [-0.1, -0.05) is 30.7 Å². The molecule has 146 valence electrons. The average Bonchev–Trinajstić information content (AvgIpc) is 3.08. The van der Waals surface area contributed by atoms with Crippen LogP contribution in [0.4, 0.5) is 0 Å². The number of carbonyl (C=O) groups is 1. The van der Waals surface area contributed by atoms with Crippen LogP contribution >= 0.6 is 35.6 Å². The number of nitrogens with one attached hydrogen (secondary N) is 2. The van der Waals surface area contributed by atoms with Crippen molar-refractivity contribution in [2.45, 2.75) is 45.6 Å². The molecule has 26 heavy (non-hydrogen) atoms. The fraction of sp³-hybridized carbons (Fsp3) is 0.579. The van der Waals surface area contributed by atoms with Gasteiger partial charge in [0.15, 0.2) is 5.96 Å². The molecule has 1 aliphatic heterocycles. The van der Waals surface area contributed by atoms with E-state index in [0.29, 0.717) is 6.42 Å². The zero-order valence-electron chi connectivity index (χ0n) is 15.6. The van der Waals surface area contributed by atoms with Crippen LogP contribution < -0.4 is 10.6 Å². The molecule has 1 amide bonds. The van der Waals surface area contributed by atoms with E-state index >= 15 is 0 Å². The van der Waals surface area contributed by atoms with Gasteiger partial charge in [0, 0.05) is 43.7 Å². The highest BCUT2D eigenvalue weighted by Crippen LogP contribution is 2.12. The Kier molecular flexibility index (Phi) is 11.0. The number of guanidine groups is 1. The quantitative estimate of drug-likeness (QED) is 0.265. The summed E-state index contributed by atoms with van der Waals surface area (Å²) in [6.07, 6.45) is 3.53. The predicted molar refractivity (Wildman–Crippen MR) is 120 cm³/mol. The van der Waals surface area contributed by atoms with Crippen LogP contribution in [0, 0.1) is 0 Å². The number of rotatable bonds is 7. The van der Waals surface area contributed by atoms with E-state index in [1.165, 1.54) is 5.56 Å². The van der Waals surface area contributed by atoms with Crippen molar-refractivity contribution in [2.75, 3.05) is 26.2 Å². The maximum absolute atomic E-state index is 11.8. The molecule has 2 N–H and O–H groups in total. The van der Waals surface area contributed by atoms with Gasteiger partial charge in [0.25, 0.3) is 0 Å². The summed E-state index contributed by atoms with van der Waals surface area (Å²) in [6, 6.07) is 8.26. The van der Waals surface area contributed by atoms with Gasteiger partial charge < -0.3 is 15.5 Å². The van der Waals surface area contributed by atoms with Crippen molar-refractivity contribution in [3.63, 3.8) is 0 Å². The number of amides is 1. The molecule has 0 aromatic heterocycles. The summed E-state index contributed by atoms with van der Waals surface area (Å²) in [6.45, 7) is 7.17. The van der Waals surface area contributed by atoms with Gasteiger partial charge in [0.1, 0.15) is 0 Å². The molecule has 5 nitrogen and oxygen atoms in total. The molecule has 7 heteroatoms. The van der Waals surface area contributed by atoms with Gasteiger partial charge >= 0.3 is 0 Å². The molecule has 0 saturated carbocycles. The average molecular weight is 493 g/mol. The van der Waals surface area contributed by atoms with Crippen LogP contribution in [0.15, 0.2) is 29.3 Å². The highest BCUT2D eigenvalue weighted by molar-refractivity contribution is 14.0. The molecule has 0 bridgehead atoms. The third-order valence-corrected chi connectivity index (χ3v) is 4.59. The van der Waals surface area contributed by atoms with Crippen LogP contribution in [0.25, 0.3) is 0 Å². The zero-order chi connectivity index (χ0) is 18.1. The highest BCUT2D eigenvalue weighted by atomic mass is 127. The Balaban J connectivity index is 0.00000338. The molecule has 0 aliphatic carbocycles. The fourth-order valence-corrected chi connectivity index (χ4v) is 3.09. The minimum atomic E-state index is 0. The molecule has 0 spiro atoms. The molecule has 2 rings (SSSR count). The van der Waals surface area contributed by atoms with Gasteiger partial charge in [-0.25, -0.2) is 0 Å². The van der Waals surface area contributed by atoms with Gasteiger partial charge in [-0.05, 0) is 43.9 Å². The monoisotopic (exact) mass is 492 g/mol. The lowest BCUT2D eigenvalue weighted by molar-refractivity contribution is -0.129. The zero-order valence-corrected chi connectivity index (χ0v) is 18.7. The van der Waals surface area contributed by atoms with Crippen LogP contribution in [0.5, 0.6) is 0 Å². The largest absolute Gasteiger partial charge is 0.357 e. The van der Waals surface area contributed by atoms with E-state index in [-0.39, 0.29) is 35.9 Å². The molecule has 1 unspecified atom stereocenters. The summed E-state index contributed by atoms with van der Waals surface area (Å²) in [5.74, 6) is 1.07. The number of benzene rings is 1. The number of likely N-dealkylation sites (tertiary alicyclic amines) is 1. The lowest BCUT2D eigenvalue weighted by Crippen LogP contribution is -2.45. The number of carbonyl (C=O) groups excluding carboxylic acids is 1. The van der Waals surface area contributed by atoms with Crippen molar-refractivity contribution in [1.82, 2.24) is 15.5 Å². The first kappa shape index (κ1) is 23.0. The molecule has 1 saturated heterocycles. The predicted octanol–water partition coefficient (Wildman–Crippen LogP) is 3.46. The van der Waals surface area contributed by atoms with E-state index in [1.54, 1.807) is 0 Å². The minimum Gasteiger partial charge on any atom is -0.357 e.